The molecule has 0 saturated heterocycles. The first-order valence-corrected chi connectivity index (χ1v) is 7.71. The van der Waals surface area contributed by atoms with Crippen LogP contribution in [0, 0.1) is 0 Å². The lowest BCUT2D eigenvalue weighted by molar-refractivity contribution is -0.207. The minimum atomic E-state index is -4.89. The van der Waals surface area contributed by atoms with E-state index in [1.165, 1.54) is 24.3 Å². The normalized spacial score (nSPS) is 13.0. The number of nitrogens with zero attached hydrogens (tertiary/aromatic N) is 3. The highest BCUT2D eigenvalue weighted by Crippen LogP contribution is 2.24. The van der Waals surface area contributed by atoms with Gasteiger partial charge in [-0.3, -0.25) is 9.36 Å². The molecule has 0 saturated carbocycles. The smallest absolute Gasteiger partial charge is 0.382 e. The van der Waals surface area contributed by atoms with Gasteiger partial charge in [-0.2, -0.15) is 13.2 Å². The second-order valence-corrected chi connectivity index (χ2v) is 5.77. The summed E-state index contributed by atoms with van der Waals surface area (Å²) in [6, 6.07) is 5.93. The van der Waals surface area contributed by atoms with Gasteiger partial charge in [-0.25, -0.2) is 9.48 Å². The van der Waals surface area contributed by atoms with Gasteiger partial charge in [0.05, 0.1) is 6.54 Å². The van der Waals surface area contributed by atoms with Gasteiger partial charge in [0.1, 0.15) is 6.54 Å². The van der Waals surface area contributed by atoms with Crippen LogP contribution >= 0.6 is 11.6 Å². The van der Waals surface area contributed by atoms with Crippen molar-refractivity contribution >= 4 is 17.4 Å². The number of carbonyl (C=O) groups is 1. The van der Waals surface area contributed by atoms with Gasteiger partial charge in [0, 0.05) is 17.0 Å². The Kier molecular flexibility index (Phi) is 5.69. The molecule has 1 N–H and O–H groups in total. The van der Waals surface area contributed by atoms with E-state index in [4.69, 9.17) is 11.6 Å². The summed E-state index contributed by atoms with van der Waals surface area (Å²) < 4.78 is 39.5. The molecule has 0 radical (unpaired) electrons. The van der Waals surface area contributed by atoms with E-state index in [0.29, 0.717) is 15.2 Å². The van der Waals surface area contributed by atoms with Crippen molar-refractivity contribution in [2.45, 2.75) is 38.7 Å². The molecule has 2 aromatic rings. The molecule has 1 atom stereocenters. The Morgan fingerprint density at radius 1 is 1.32 bits per heavy atom. The summed E-state index contributed by atoms with van der Waals surface area (Å²) in [5.41, 5.74) is -0.575. The summed E-state index contributed by atoms with van der Waals surface area (Å²) >= 11 is 5.78. The summed E-state index contributed by atoms with van der Waals surface area (Å²) in [6.45, 7) is 0.212. The first kappa shape index (κ1) is 19.2. The van der Waals surface area contributed by atoms with Crippen LogP contribution in [0.5, 0.6) is 0 Å². The van der Waals surface area contributed by atoms with E-state index in [1.807, 2.05) is 0 Å². The van der Waals surface area contributed by atoms with E-state index >= 15 is 0 Å². The molecular weight excluding hydrogens is 363 g/mol. The maximum Gasteiger partial charge on any atom is 0.416 e. The molecule has 0 bridgehead atoms. The van der Waals surface area contributed by atoms with Gasteiger partial charge in [-0.15, -0.1) is 5.10 Å². The van der Waals surface area contributed by atoms with Crippen molar-refractivity contribution in [3.63, 3.8) is 0 Å². The monoisotopic (exact) mass is 377 g/mol. The molecule has 1 aromatic carbocycles. The summed E-state index contributed by atoms with van der Waals surface area (Å²) in [5, 5.41) is 13.7. The van der Waals surface area contributed by atoms with Crippen LogP contribution < -0.4 is 5.69 Å². The van der Waals surface area contributed by atoms with Crippen molar-refractivity contribution in [1.82, 2.24) is 14.3 Å². The fraction of sp³-hybridized carbons (Fsp3) is 0.400. The first-order valence-electron chi connectivity index (χ1n) is 7.33. The molecule has 136 valence electrons. The lowest BCUT2D eigenvalue weighted by atomic mass is 10.2. The molecule has 10 heteroatoms. The topological polar surface area (TPSA) is 77.1 Å². The van der Waals surface area contributed by atoms with Crippen molar-refractivity contribution in [2.24, 2.45) is 0 Å². The third kappa shape index (κ3) is 4.49. The molecule has 1 heterocycles. The van der Waals surface area contributed by atoms with Crippen LogP contribution in [0.3, 0.4) is 0 Å². The molecular formula is C15H15ClF3N3O3. The lowest BCUT2D eigenvalue weighted by Crippen LogP contribution is -2.37. The van der Waals surface area contributed by atoms with Gasteiger partial charge in [-0.1, -0.05) is 18.5 Å². The number of aliphatic hydroxyl groups is 1. The van der Waals surface area contributed by atoms with Gasteiger partial charge in [0.2, 0.25) is 0 Å². The van der Waals surface area contributed by atoms with Gasteiger partial charge in [0.15, 0.2) is 17.7 Å². The Hall–Kier alpha value is -2.13. The van der Waals surface area contributed by atoms with Crippen molar-refractivity contribution in [2.75, 3.05) is 0 Å². The number of aliphatic hydroxyl groups excluding tert-OH is 1. The molecule has 1 unspecified atom stereocenters. The number of rotatable bonds is 6. The maximum absolute atomic E-state index is 12.7. The Bertz CT molecular complexity index is 812. The number of Topliss-reactive ketones (excluding diaryl/α,β-unsaturated/α-hetero) is 1. The van der Waals surface area contributed by atoms with Crippen LogP contribution in [0.2, 0.25) is 5.02 Å². The predicted octanol–water partition coefficient (Wildman–Crippen LogP) is 2.27. The molecule has 25 heavy (non-hydrogen) atoms. The molecule has 0 aliphatic rings. The zero-order chi connectivity index (χ0) is 18.8. The van der Waals surface area contributed by atoms with Crippen LogP contribution in [0.25, 0.3) is 11.4 Å². The molecule has 2 rings (SSSR count). The number of halogens is 4. The fourth-order valence-corrected chi connectivity index (χ4v) is 2.20. The highest BCUT2D eigenvalue weighted by atomic mass is 35.5. The number of hydrogen-bond donors (Lipinski definition) is 1. The average Bonchev–Trinajstić information content (AvgIpc) is 2.84. The largest absolute Gasteiger partial charge is 0.416 e. The van der Waals surface area contributed by atoms with Crippen molar-refractivity contribution < 1.29 is 23.1 Å². The quantitative estimate of drug-likeness (QED) is 0.837. The van der Waals surface area contributed by atoms with Crippen molar-refractivity contribution in [1.29, 1.82) is 0 Å². The van der Waals surface area contributed by atoms with E-state index < -0.39 is 24.5 Å². The Labute approximate surface area is 145 Å². The maximum atomic E-state index is 12.7. The molecule has 0 aliphatic heterocycles. The number of benzene rings is 1. The summed E-state index contributed by atoms with van der Waals surface area (Å²) in [5.74, 6) is -0.389. The van der Waals surface area contributed by atoms with Crippen molar-refractivity contribution in [3.8, 4) is 11.4 Å². The first-order chi connectivity index (χ1) is 11.6. The predicted molar refractivity (Wildman–Crippen MR) is 84.3 cm³/mol. The van der Waals surface area contributed by atoms with Crippen LogP contribution in [0.15, 0.2) is 29.1 Å². The van der Waals surface area contributed by atoms with Crippen LogP contribution in [0.1, 0.15) is 13.3 Å². The summed E-state index contributed by atoms with van der Waals surface area (Å²) in [4.78, 5) is 23.9. The number of carbonyl (C=O) groups excluding carboxylic acids is 1. The zero-order valence-corrected chi connectivity index (χ0v) is 13.9. The third-order valence-corrected chi connectivity index (χ3v) is 3.73. The molecule has 0 spiro atoms. The van der Waals surface area contributed by atoms with E-state index in [2.05, 4.69) is 5.10 Å². The van der Waals surface area contributed by atoms with Crippen LogP contribution in [0.4, 0.5) is 13.2 Å². The summed E-state index contributed by atoms with van der Waals surface area (Å²) in [6.07, 6.45) is -7.48. The minimum absolute atomic E-state index is 0.0890. The fourth-order valence-electron chi connectivity index (χ4n) is 2.08. The second-order valence-electron chi connectivity index (χ2n) is 5.33. The highest BCUT2D eigenvalue weighted by Gasteiger charge is 2.39. The number of aromatic nitrogens is 3. The third-order valence-electron chi connectivity index (χ3n) is 3.48. The number of alkyl halides is 3. The van der Waals surface area contributed by atoms with Gasteiger partial charge in [0.25, 0.3) is 0 Å². The number of ketones is 1. The Morgan fingerprint density at radius 3 is 2.44 bits per heavy atom. The second kappa shape index (κ2) is 7.40. The van der Waals surface area contributed by atoms with E-state index in [0.717, 1.165) is 4.68 Å². The van der Waals surface area contributed by atoms with Crippen molar-refractivity contribution in [3.05, 3.63) is 39.8 Å². The van der Waals surface area contributed by atoms with E-state index in [-0.39, 0.29) is 24.6 Å². The molecule has 6 nitrogen and oxygen atoms in total. The number of hydrogen-bond acceptors (Lipinski definition) is 4. The Balaban J connectivity index is 2.51. The molecule has 0 amide bonds. The van der Waals surface area contributed by atoms with Gasteiger partial charge >= 0.3 is 11.9 Å². The van der Waals surface area contributed by atoms with E-state index in [1.54, 1.807) is 6.92 Å². The lowest BCUT2D eigenvalue weighted by Gasteiger charge is -2.15. The van der Waals surface area contributed by atoms with Gasteiger partial charge in [-0.05, 0) is 24.3 Å². The Morgan fingerprint density at radius 2 is 1.92 bits per heavy atom. The summed E-state index contributed by atoms with van der Waals surface area (Å²) in [7, 11) is 0. The van der Waals surface area contributed by atoms with E-state index in [9.17, 15) is 27.9 Å². The standard InChI is InChI=1S/C15H15ClF3N3O3/c1-2-11(23)7-22-14(25)21(8-12(24)15(17,18)19)13(20-22)9-3-5-10(16)6-4-9/h3-6,12,24H,2,7-8H2,1H3. The molecule has 0 fully saturated rings. The highest BCUT2D eigenvalue weighted by molar-refractivity contribution is 6.30. The van der Waals surface area contributed by atoms with Crippen LogP contribution in [-0.4, -0.2) is 37.5 Å². The average molecular weight is 378 g/mol. The van der Waals surface area contributed by atoms with Crippen LogP contribution in [-0.2, 0) is 17.9 Å². The van der Waals surface area contributed by atoms with Gasteiger partial charge < -0.3 is 5.11 Å². The molecule has 0 aliphatic carbocycles. The molecule has 1 aromatic heterocycles. The zero-order valence-electron chi connectivity index (χ0n) is 13.1. The minimum Gasteiger partial charge on any atom is -0.382 e. The SMILES string of the molecule is CCC(=O)Cn1nc(-c2ccc(Cl)cc2)n(CC(O)C(F)(F)F)c1=O.